The van der Waals surface area contributed by atoms with Gasteiger partial charge < -0.3 is 20.3 Å². The molecule has 1 aromatic heterocycles. The van der Waals surface area contributed by atoms with Crippen LogP contribution < -0.4 is 5.32 Å². The van der Waals surface area contributed by atoms with Crippen molar-refractivity contribution < 1.29 is 19.7 Å². The first-order valence-electron chi connectivity index (χ1n) is 11.0. The minimum absolute atomic E-state index is 0.141. The van der Waals surface area contributed by atoms with Gasteiger partial charge in [0.05, 0.1) is 13.2 Å². The van der Waals surface area contributed by atoms with E-state index in [0.29, 0.717) is 42.1 Å². The smallest absolute Gasteiger partial charge is 0.275 e. The fourth-order valence-corrected chi connectivity index (χ4v) is 3.94. The molecule has 1 aliphatic rings. The number of rotatable bonds is 6. The number of aliphatic hydroxyl groups is 1. The standard InChI is InChI=1S/C25H25ClN4O4/c26-20-6-4-17(5-7-20)15-27-25(33)23-24(32)21-14-18(16-30-8-11-34-12-9-30)13-19(3-1-2-10-31)22(21)28-29-23/h4-7,13-14,31H,3,8-12,15-16H2,(H,27,33)(H,28,32). The van der Waals surface area contributed by atoms with Gasteiger partial charge in [-0.15, -0.1) is 10.2 Å². The molecule has 34 heavy (non-hydrogen) atoms. The van der Waals surface area contributed by atoms with Gasteiger partial charge in [-0.3, -0.25) is 9.69 Å². The van der Waals surface area contributed by atoms with E-state index in [1.165, 1.54) is 0 Å². The van der Waals surface area contributed by atoms with E-state index >= 15 is 0 Å². The molecule has 0 unspecified atom stereocenters. The number of hydrogen-bond donors (Lipinski definition) is 3. The molecule has 8 nitrogen and oxygen atoms in total. The SMILES string of the molecule is O=C(NCc1ccc(Cl)cc1)c1nnc2c(CC#CCO)cc(CN3CCOCC3)cc2c1O. The largest absolute Gasteiger partial charge is 0.505 e. The van der Waals surface area contributed by atoms with E-state index in [4.69, 9.17) is 21.4 Å². The molecule has 2 heterocycles. The van der Waals surface area contributed by atoms with E-state index in [0.717, 1.165) is 29.8 Å². The highest BCUT2D eigenvalue weighted by Crippen LogP contribution is 2.30. The van der Waals surface area contributed by atoms with Crippen LogP contribution in [0.3, 0.4) is 0 Å². The Balaban J connectivity index is 1.63. The Morgan fingerprint density at radius 3 is 2.62 bits per heavy atom. The summed E-state index contributed by atoms with van der Waals surface area (Å²) in [6.45, 7) is 3.68. The lowest BCUT2D eigenvalue weighted by Gasteiger charge is -2.26. The van der Waals surface area contributed by atoms with Crippen molar-refractivity contribution in [1.29, 1.82) is 0 Å². The van der Waals surface area contributed by atoms with Crippen molar-refractivity contribution in [3.8, 4) is 17.6 Å². The second kappa shape index (κ2) is 11.3. The molecule has 9 heteroatoms. The summed E-state index contributed by atoms with van der Waals surface area (Å²) >= 11 is 5.90. The minimum atomic E-state index is -0.526. The van der Waals surface area contributed by atoms with Crippen LogP contribution in [0.1, 0.15) is 27.2 Å². The van der Waals surface area contributed by atoms with Crippen LogP contribution in [0, 0.1) is 11.8 Å². The number of ether oxygens (including phenoxy) is 1. The van der Waals surface area contributed by atoms with Gasteiger partial charge in [-0.25, -0.2) is 0 Å². The summed E-state index contributed by atoms with van der Waals surface area (Å²) < 4.78 is 5.43. The van der Waals surface area contributed by atoms with E-state index in [1.54, 1.807) is 12.1 Å². The first-order chi connectivity index (χ1) is 16.5. The molecule has 0 spiro atoms. The van der Waals surface area contributed by atoms with Crippen LogP contribution >= 0.6 is 11.6 Å². The molecule has 3 N–H and O–H groups in total. The van der Waals surface area contributed by atoms with Gasteiger partial charge in [0.15, 0.2) is 11.4 Å². The molecule has 1 fully saturated rings. The summed E-state index contributed by atoms with van der Waals surface area (Å²) in [4.78, 5) is 15.0. The molecule has 4 rings (SSSR count). The first-order valence-corrected chi connectivity index (χ1v) is 11.3. The summed E-state index contributed by atoms with van der Waals surface area (Å²) in [7, 11) is 0. The number of carbonyl (C=O) groups excluding carboxylic acids is 1. The van der Waals surface area contributed by atoms with E-state index in [9.17, 15) is 9.90 Å². The topological polar surface area (TPSA) is 108 Å². The maximum atomic E-state index is 12.8. The average molecular weight is 481 g/mol. The summed E-state index contributed by atoms with van der Waals surface area (Å²) in [5, 5.41) is 32.1. The fraction of sp³-hybridized carbons (Fsp3) is 0.320. The number of aliphatic hydroxyl groups excluding tert-OH is 1. The molecule has 0 bridgehead atoms. The molecule has 0 radical (unpaired) electrons. The third-order valence-electron chi connectivity index (χ3n) is 5.55. The zero-order valence-electron chi connectivity index (χ0n) is 18.6. The van der Waals surface area contributed by atoms with Gasteiger partial charge in [0.1, 0.15) is 12.1 Å². The molecule has 1 amide bonds. The summed E-state index contributed by atoms with van der Waals surface area (Å²) in [6, 6.07) is 10.9. The van der Waals surface area contributed by atoms with Crippen molar-refractivity contribution in [2.75, 3.05) is 32.9 Å². The molecule has 176 valence electrons. The predicted molar refractivity (Wildman–Crippen MR) is 128 cm³/mol. The minimum Gasteiger partial charge on any atom is -0.505 e. The highest BCUT2D eigenvalue weighted by molar-refractivity contribution is 6.30. The van der Waals surface area contributed by atoms with Gasteiger partial charge >= 0.3 is 0 Å². The zero-order chi connectivity index (χ0) is 23.9. The van der Waals surface area contributed by atoms with Crippen molar-refractivity contribution in [2.24, 2.45) is 0 Å². The van der Waals surface area contributed by atoms with Crippen LogP contribution in [0.2, 0.25) is 5.02 Å². The number of aromatic hydroxyl groups is 1. The number of carbonyl (C=O) groups is 1. The van der Waals surface area contributed by atoms with Gasteiger partial charge in [-0.2, -0.15) is 0 Å². The van der Waals surface area contributed by atoms with Crippen molar-refractivity contribution >= 4 is 28.4 Å². The molecular weight excluding hydrogens is 456 g/mol. The monoisotopic (exact) mass is 480 g/mol. The Hall–Kier alpha value is -3.22. The highest BCUT2D eigenvalue weighted by Gasteiger charge is 2.20. The lowest BCUT2D eigenvalue weighted by Crippen LogP contribution is -2.35. The molecule has 1 saturated heterocycles. The fourth-order valence-electron chi connectivity index (χ4n) is 3.81. The number of halogens is 1. The number of morpholine rings is 1. The zero-order valence-corrected chi connectivity index (χ0v) is 19.3. The number of amides is 1. The first kappa shape index (κ1) is 23.9. The predicted octanol–water partition coefficient (Wildman–Crippen LogP) is 2.29. The lowest BCUT2D eigenvalue weighted by atomic mass is 10.0. The van der Waals surface area contributed by atoms with Gasteiger partial charge in [0.2, 0.25) is 0 Å². The van der Waals surface area contributed by atoms with Crippen LogP contribution in [0.4, 0.5) is 0 Å². The van der Waals surface area contributed by atoms with Crippen LogP contribution in [-0.2, 0) is 24.2 Å². The number of fused-ring (bicyclic) bond motifs is 1. The van der Waals surface area contributed by atoms with Crippen molar-refractivity contribution in [3.05, 3.63) is 63.8 Å². The van der Waals surface area contributed by atoms with E-state index in [-0.39, 0.29) is 24.6 Å². The molecule has 1 aliphatic heterocycles. The van der Waals surface area contributed by atoms with E-state index in [2.05, 4.69) is 32.3 Å². The molecule has 0 atom stereocenters. The van der Waals surface area contributed by atoms with E-state index in [1.807, 2.05) is 24.3 Å². The van der Waals surface area contributed by atoms with Crippen LogP contribution in [0.5, 0.6) is 5.75 Å². The highest BCUT2D eigenvalue weighted by atomic mass is 35.5. The second-order valence-electron chi connectivity index (χ2n) is 7.93. The van der Waals surface area contributed by atoms with Crippen molar-refractivity contribution in [1.82, 2.24) is 20.4 Å². The Labute approximate surface area is 202 Å². The van der Waals surface area contributed by atoms with Gasteiger partial charge in [-0.05, 0) is 34.9 Å². The molecule has 2 aromatic carbocycles. The average Bonchev–Trinajstić information content (AvgIpc) is 2.85. The van der Waals surface area contributed by atoms with Gasteiger partial charge in [-0.1, -0.05) is 41.6 Å². The summed E-state index contributed by atoms with van der Waals surface area (Å²) in [6.07, 6.45) is 0.338. The van der Waals surface area contributed by atoms with Crippen LogP contribution in [0.15, 0.2) is 36.4 Å². The maximum absolute atomic E-state index is 12.8. The molecule has 3 aromatic rings. The van der Waals surface area contributed by atoms with E-state index < -0.39 is 5.91 Å². The van der Waals surface area contributed by atoms with Gasteiger partial charge in [0.25, 0.3) is 5.91 Å². The number of nitrogens with zero attached hydrogens (tertiary/aromatic N) is 3. The van der Waals surface area contributed by atoms with Gasteiger partial charge in [0, 0.05) is 43.0 Å². The second-order valence-corrected chi connectivity index (χ2v) is 8.37. The molecule has 0 saturated carbocycles. The quantitative estimate of drug-likeness (QED) is 0.464. The number of hydrogen-bond acceptors (Lipinski definition) is 7. The Kier molecular flexibility index (Phi) is 7.93. The maximum Gasteiger partial charge on any atom is 0.275 e. The Bertz CT molecular complexity index is 1230. The van der Waals surface area contributed by atoms with Crippen molar-refractivity contribution in [2.45, 2.75) is 19.5 Å². The Morgan fingerprint density at radius 2 is 1.88 bits per heavy atom. The van der Waals surface area contributed by atoms with Crippen molar-refractivity contribution in [3.63, 3.8) is 0 Å². The third kappa shape index (κ3) is 5.82. The molecule has 0 aliphatic carbocycles. The third-order valence-corrected chi connectivity index (χ3v) is 5.80. The summed E-state index contributed by atoms with van der Waals surface area (Å²) in [5.74, 6) is 4.79. The number of aromatic nitrogens is 2. The lowest BCUT2D eigenvalue weighted by molar-refractivity contribution is 0.0342. The number of nitrogens with one attached hydrogen (secondary N) is 1. The summed E-state index contributed by atoms with van der Waals surface area (Å²) in [5.41, 5.74) is 2.94. The van der Waals surface area contributed by atoms with Crippen LogP contribution in [-0.4, -0.2) is 64.1 Å². The molecular formula is C25H25ClN4O4. The van der Waals surface area contributed by atoms with Crippen LogP contribution in [0.25, 0.3) is 10.9 Å². The Morgan fingerprint density at radius 1 is 1.12 bits per heavy atom. The normalized spacial score (nSPS) is 13.9. The number of benzene rings is 2.